The van der Waals surface area contributed by atoms with Crippen molar-refractivity contribution in [2.24, 2.45) is 0 Å². The zero-order valence-corrected chi connectivity index (χ0v) is 16.7. The Morgan fingerprint density at radius 3 is 2.69 bits per heavy atom. The highest BCUT2D eigenvalue weighted by atomic mass is 19.1. The predicted octanol–water partition coefficient (Wildman–Crippen LogP) is 2.38. The Kier molecular flexibility index (Phi) is 5.44. The zero-order valence-electron chi connectivity index (χ0n) is 16.7. The van der Waals surface area contributed by atoms with Crippen LogP contribution in [0, 0.1) is 5.95 Å². The molecule has 0 aliphatic carbocycles. The van der Waals surface area contributed by atoms with Crippen LogP contribution in [0.2, 0.25) is 0 Å². The quantitative estimate of drug-likeness (QED) is 0.645. The lowest BCUT2D eigenvalue weighted by atomic mass is 10.1. The summed E-state index contributed by atoms with van der Waals surface area (Å²) in [6, 6.07) is 7.42. The number of aryl methyl sites for hydroxylation is 1. The lowest BCUT2D eigenvalue weighted by Crippen LogP contribution is -2.46. The summed E-state index contributed by atoms with van der Waals surface area (Å²) in [5, 5.41) is 2.85. The topological polar surface area (TPSA) is 77.2 Å². The van der Waals surface area contributed by atoms with Crippen molar-refractivity contribution in [3.05, 3.63) is 57.9 Å². The highest BCUT2D eigenvalue weighted by Gasteiger charge is 2.20. The average Bonchev–Trinajstić information content (AvgIpc) is 2.74. The second-order valence-corrected chi connectivity index (χ2v) is 7.27. The molecule has 0 aromatic carbocycles. The van der Waals surface area contributed by atoms with Crippen LogP contribution < -0.4 is 15.8 Å². The van der Waals surface area contributed by atoms with E-state index in [0.717, 1.165) is 54.9 Å². The largest absolute Gasteiger partial charge is 0.373 e. The van der Waals surface area contributed by atoms with Crippen molar-refractivity contribution in [3.8, 4) is 0 Å². The minimum Gasteiger partial charge on any atom is -0.373 e. The fourth-order valence-corrected chi connectivity index (χ4v) is 3.72. The normalized spacial score (nSPS) is 15.1. The van der Waals surface area contributed by atoms with Gasteiger partial charge in [0.25, 0.3) is 5.56 Å². The van der Waals surface area contributed by atoms with Gasteiger partial charge >= 0.3 is 0 Å². The number of aromatic nitrogens is 3. The number of fused-ring (bicyclic) bond motifs is 1. The van der Waals surface area contributed by atoms with E-state index in [1.54, 1.807) is 19.2 Å². The Morgan fingerprint density at radius 2 is 2.00 bits per heavy atom. The van der Waals surface area contributed by atoms with E-state index >= 15 is 0 Å². The number of rotatable bonds is 5. The first kappa shape index (κ1) is 19.3. The van der Waals surface area contributed by atoms with E-state index in [0.29, 0.717) is 17.9 Å². The van der Waals surface area contributed by atoms with Crippen molar-refractivity contribution >= 4 is 22.5 Å². The number of nitrogens with zero attached hydrogens (tertiary/aromatic N) is 4. The third kappa shape index (κ3) is 4.07. The van der Waals surface area contributed by atoms with Crippen LogP contribution in [-0.4, -0.2) is 53.1 Å². The van der Waals surface area contributed by atoms with Crippen molar-refractivity contribution in [1.29, 1.82) is 0 Å². The van der Waals surface area contributed by atoms with E-state index in [2.05, 4.69) is 25.2 Å². The monoisotopic (exact) mass is 396 g/mol. The fraction of sp³-hybridized carbons (Fsp3) is 0.381. The maximum atomic E-state index is 14.3. The summed E-state index contributed by atoms with van der Waals surface area (Å²) in [5.74, 6) is 0.0808. The van der Waals surface area contributed by atoms with E-state index in [1.165, 1.54) is 0 Å². The molecule has 0 radical (unpaired) electrons. The van der Waals surface area contributed by atoms with Crippen LogP contribution in [0.5, 0.6) is 0 Å². The van der Waals surface area contributed by atoms with Gasteiger partial charge in [0.2, 0.25) is 5.95 Å². The first-order valence-electron chi connectivity index (χ1n) is 9.90. The summed E-state index contributed by atoms with van der Waals surface area (Å²) in [6.07, 6.45) is 2.55. The summed E-state index contributed by atoms with van der Waals surface area (Å²) < 4.78 is 14.3. The smallest absolute Gasteiger partial charge is 0.251 e. The van der Waals surface area contributed by atoms with Gasteiger partial charge in [-0.2, -0.15) is 4.39 Å². The zero-order chi connectivity index (χ0) is 20.4. The predicted molar refractivity (Wildman–Crippen MR) is 113 cm³/mol. The molecule has 0 bridgehead atoms. The molecule has 1 fully saturated rings. The molecule has 0 spiro atoms. The molecular weight excluding hydrogens is 371 g/mol. The van der Waals surface area contributed by atoms with Crippen LogP contribution in [0.15, 0.2) is 35.3 Å². The molecule has 29 heavy (non-hydrogen) atoms. The lowest BCUT2D eigenvalue weighted by molar-refractivity contribution is 0.249. The first-order chi connectivity index (χ1) is 14.1. The van der Waals surface area contributed by atoms with E-state index < -0.39 is 5.95 Å². The molecule has 4 rings (SSSR count). The van der Waals surface area contributed by atoms with Crippen molar-refractivity contribution in [1.82, 2.24) is 19.9 Å². The number of hydrogen-bond donors (Lipinski definition) is 2. The van der Waals surface area contributed by atoms with Crippen molar-refractivity contribution in [3.63, 3.8) is 0 Å². The van der Waals surface area contributed by atoms with Gasteiger partial charge in [0.15, 0.2) is 0 Å². The third-order valence-corrected chi connectivity index (χ3v) is 5.41. The second kappa shape index (κ2) is 8.16. The van der Waals surface area contributed by atoms with Crippen LogP contribution in [0.3, 0.4) is 0 Å². The molecule has 0 atom stereocenters. The Labute approximate surface area is 168 Å². The third-order valence-electron chi connectivity index (χ3n) is 5.41. The molecule has 0 amide bonds. The molecule has 0 unspecified atom stereocenters. The van der Waals surface area contributed by atoms with Gasteiger partial charge in [-0.05, 0) is 36.2 Å². The molecule has 1 aliphatic rings. The Balaban J connectivity index is 1.42. The molecular formula is C21H25FN6O. The average molecular weight is 396 g/mol. The minimum atomic E-state index is -0.445. The molecule has 0 saturated carbocycles. The van der Waals surface area contributed by atoms with Gasteiger partial charge in [-0.15, -0.1) is 0 Å². The Morgan fingerprint density at radius 1 is 1.21 bits per heavy atom. The summed E-state index contributed by atoms with van der Waals surface area (Å²) in [7, 11) is 1.72. The molecule has 3 aromatic heterocycles. The number of pyridine rings is 3. The summed E-state index contributed by atoms with van der Waals surface area (Å²) in [4.78, 5) is 27.8. The fourth-order valence-electron chi connectivity index (χ4n) is 3.72. The second-order valence-electron chi connectivity index (χ2n) is 7.27. The highest BCUT2D eigenvalue weighted by Crippen LogP contribution is 2.22. The molecule has 8 heteroatoms. The maximum Gasteiger partial charge on any atom is 0.251 e. The molecule has 4 heterocycles. The molecule has 1 saturated heterocycles. The molecule has 2 N–H and O–H groups in total. The highest BCUT2D eigenvalue weighted by molar-refractivity contribution is 5.74. The molecule has 152 valence electrons. The summed E-state index contributed by atoms with van der Waals surface area (Å²) in [6.45, 7) is 5.80. The number of hydrogen-bond acceptors (Lipinski definition) is 6. The van der Waals surface area contributed by atoms with Crippen molar-refractivity contribution in [2.75, 3.05) is 43.4 Å². The Hall–Kier alpha value is -3.00. The number of halogens is 1. The van der Waals surface area contributed by atoms with Crippen LogP contribution >= 0.6 is 0 Å². The lowest BCUT2D eigenvalue weighted by Gasteiger charge is -2.36. The van der Waals surface area contributed by atoms with Gasteiger partial charge in [-0.25, -0.2) is 4.98 Å². The molecule has 3 aromatic rings. The van der Waals surface area contributed by atoms with Gasteiger partial charge in [0.1, 0.15) is 5.82 Å². The van der Waals surface area contributed by atoms with Crippen molar-refractivity contribution < 1.29 is 4.39 Å². The van der Waals surface area contributed by atoms with Crippen molar-refractivity contribution in [2.45, 2.75) is 19.9 Å². The minimum absolute atomic E-state index is 0.0486. The maximum absolute atomic E-state index is 14.3. The van der Waals surface area contributed by atoms with Crippen LogP contribution in [0.1, 0.15) is 18.1 Å². The van der Waals surface area contributed by atoms with Gasteiger partial charge in [-0.1, -0.05) is 6.92 Å². The SMILES string of the molecule is CCc1cc2ncc(CN3CCN(c4ccc(NC)nc4F)CC3)cc2[nH]c1=O. The van der Waals surface area contributed by atoms with Gasteiger partial charge in [0, 0.05) is 51.5 Å². The van der Waals surface area contributed by atoms with Gasteiger partial charge in [-0.3, -0.25) is 14.7 Å². The number of anilines is 2. The number of aromatic amines is 1. The first-order valence-corrected chi connectivity index (χ1v) is 9.90. The van der Waals surface area contributed by atoms with Crippen LogP contribution in [-0.2, 0) is 13.0 Å². The molecule has 1 aliphatic heterocycles. The number of piperazine rings is 1. The molecule has 7 nitrogen and oxygen atoms in total. The summed E-state index contributed by atoms with van der Waals surface area (Å²) in [5.41, 5.74) is 3.87. The van der Waals surface area contributed by atoms with E-state index in [4.69, 9.17) is 0 Å². The van der Waals surface area contributed by atoms with E-state index in [-0.39, 0.29) is 5.56 Å². The van der Waals surface area contributed by atoms with Crippen LogP contribution in [0.25, 0.3) is 11.0 Å². The summed E-state index contributed by atoms with van der Waals surface area (Å²) >= 11 is 0. The number of nitrogens with one attached hydrogen (secondary N) is 2. The van der Waals surface area contributed by atoms with Gasteiger partial charge in [0.05, 0.1) is 16.7 Å². The van der Waals surface area contributed by atoms with E-state index in [9.17, 15) is 9.18 Å². The van der Waals surface area contributed by atoms with E-state index in [1.807, 2.05) is 30.2 Å². The van der Waals surface area contributed by atoms with Gasteiger partial charge < -0.3 is 15.2 Å². The number of H-pyrrole nitrogens is 1. The van der Waals surface area contributed by atoms with Crippen LogP contribution in [0.4, 0.5) is 15.9 Å². The Bertz CT molecular complexity index is 1070. The standard InChI is InChI=1S/C21H25FN6O/c1-3-15-11-16-17(25-21(15)29)10-14(12-24-16)13-27-6-8-28(9-7-27)18-4-5-19(23-2)26-20(18)22/h4-5,10-12H,3,6-9,13H2,1-2H3,(H,23,26)(H,25,29).